The van der Waals surface area contributed by atoms with Gasteiger partial charge in [0.15, 0.2) is 0 Å². The van der Waals surface area contributed by atoms with Gasteiger partial charge in [-0.15, -0.1) is 0 Å². The summed E-state index contributed by atoms with van der Waals surface area (Å²) in [5.41, 5.74) is 4.05. The largest absolute Gasteiger partial charge is 0.497 e. The zero-order valence-electron chi connectivity index (χ0n) is 18.9. The number of carbonyl (C=O) groups is 1. The van der Waals surface area contributed by atoms with Gasteiger partial charge in [0.2, 0.25) is 0 Å². The second-order valence-electron chi connectivity index (χ2n) is 7.68. The summed E-state index contributed by atoms with van der Waals surface area (Å²) < 4.78 is 17.4. The van der Waals surface area contributed by atoms with Crippen LogP contribution in [-0.4, -0.2) is 38.2 Å². The van der Waals surface area contributed by atoms with Gasteiger partial charge in [0, 0.05) is 21.8 Å². The first-order chi connectivity index (χ1) is 16.0. The number of benzene rings is 3. The summed E-state index contributed by atoms with van der Waals surface area (Å²) in [5.74, 6) is 1.09. The number of carbonyl (C=O) groups excluding carboxylic acids is 1. The summed E-state index contributed by atoms with van der Waals surface area (Å²) >= 11 is 3.61. The highest BCUT2D eigenvalue weighted by atomic mass is 79.9. The Kier molecular flexibility index (Phi) is 7.20. The van der Waals surface area contributed by atoms with E-state index in [4.69, 9.17) is 14.2 Å². The number of esters is 1. The van der Waals surface area contributed by atoms with Crippen LogP contribution in [0.4, 0.5) is 5.69 Å². The van der Waals surface area contributed by atoms with Crippen molar-refractivity contribution in [2.75, 3.05) is 32.7 Å². The Morgan fingerprint density at radius 3 is 2.48 bits per heavy atom. The van der Waals surface area contributed by atoms with Crippen LogP contribution in [0, 0.1) is 0 Å². The number of nitrogens with zero attached hydrogens (tertiary/aromatic N) is 1. The van der Waals surface area contributed by atoms with Crippen molar-refractivity contribution in [3.8, 4) is 11.5 Å². The van der Waals surface area contributed by atoms with E-state index in [1.165, 1.54) is 0 Å². The van der Waals surface area contributed by atoms with E-state index < -0.39 is 0 Å². The molecule has 4 rings (SSSR count). The maximum atomic E-state index is 12.7. The van der Waals surface area contributed by atoms with Crippen LogP contribution in [0.3, 0.4) is 0 Å². The highest BCUT2D eigenvalue weighted by Crippen LogP contribution is 2.46. The Hall–Kier alpha value is -3.03. The lowest BCUT2D eigenvalue weighted by Crippen LogP contribution is -2.44. The molecule has 33 heavy (non-hydrogen) atoms. The summed E-state index contributed by atoms with van der Waals surface area (Å²) in [6, 6.07) is 21.9. The van der Waals surface area contributed by atoms with Crippen molar-refractivity contribution in [3.63, 3.8) is 0 Å². The number of fused-ring (bicyclic) bond motifs is 1. The quantitative estimate of drug-likeness (QED) is 0.420. The number of hydrogen-bond donors (Lipinski definition) is 1. The number of halogens is 1. The van der Waals surface area contributed by atoms with E-state index in [1.54, 1.807) is 14.2 Å². The molecule has 0 amide bonds. The molecule has 0 saturated carbocycles. The van der Waals surface area contributed by atoms with Crippen molar-refractivity contribution < 1.29 is 19.0 Å². The lowest BCUT2D eigenvalue weighted by molar-refractivity contribution is -0.145. The first kappa shape index (κ1) is 23.1. The minimum absolute atomic E-state index is 0.103. The van der Waals surface area contributed by atoms with E-state index in [0.29, 0.717) is 18.1 Å². The monoisotopic (exact) mass is 510 g/mol. The molecule has 172 valence electrons. The van der Waals surface area contributed by atoms with Crippen LogP contribution in [0.2, 0.25) is 0 Å². The summed E-state index contributed by atoms with van der Waals surface area (Å²) in [4.78, 5) is 14.9. The number of nitrogens with one attached hydrogen (secondary N) is 1. The molecule has 0 aromatic heterocycles. The van der Waals surface area contributed by atoms with Crippen LogP contribution in [0.1, 0.15) is 35.8 Å². The van der Waals surface area contributed by atoms with E-state index in [0.717, 1.165) is 26.9 Å². The van der Waals surface area contributed by atoms with E-state index in [-0.39, 0.29) is 24.7 Å². The molecule has 2 atom stereocenters. The zero-order valence-corrected chi connectivity index (χ0v) is 20.5. The molecule has 3 aromatic rings. The van der Waals surface area contributed by atoms with Crippen molar-refractivity contribution >= 4 is 27.6 Å². The van der Waals surface area contributed by atoms with Gasteiger partial charge in [-0.1, -0.05) is 46.3 Å². The predicted octanol–water partition coefficient (Wildman–Crippen LogP) is 5.55. The minimum atomic E-state index is -0.339. The zero-order chi connectivity index (χ0) is 23.4. The summed E-state index contributed by atoms with van der Waals surface area (Å²) in [6.07, 6.45) is -0.339. The predicted molar refractivity (Wildman–Crippen MR) is 132 cm³/mol. The van der Waals surface area contributed by atoms with Gasteiger partial charge >= 0.3 is 5.97 Å². The molecule has 0 radical (unpaired) electrons. The number of methoxy groups -OCH3 is 2. The van der Waals surface area contributed by atoms with Crippen molar-refractivity contribution in [3.05, 3.63) is 87.9 Å². The van der Waals surface area contributed by atoms with Gasteiger partial charge in [-0.3, -0.25) is 9.69 Å². The van der Waals surface area contributed by atoms with Crippen LogP contribution >= 0.6 is 15.9 Å². The third-order valence-electron chi connectivity index (χ3n) is 5.73. The molecule has 2 unspecified atom stereocenters. The molecule has 0 saturated heterocycles. The molecule has 1 aliphatic rings. The average Bonchev–Trinajstić information content (AvgIpc) is 2.84. The maximum Gasteiger partial charge on any atom is 0.320 e. The van der Waals surface area contributed by atoms with Gasteiger partial charge in [-0.2, -0.15) is 0 Å². The normalized spacial score (nSPS) is 17.6. The highest BCUT2D eigenvalue weighted by Gasteiger charge is 2.38. The van der Waals surface area contributed by atoms with E-state index in [1.807, 2.05) is 49.4 Å². The number of anilines is 1. The van der Waals surface area contributed by atoms with Crippen LogP contribution < -0.4 is 14.8 Å². The maximum absolute atomic E-state index is 12.7. The minimum Gasteiger partial charge on any atom is -0.497 e. The lowest BCUT2D eigenvalue weighted by atomic mass is 9.91. The smallest absolute Gasteiger partial charge is 0.320 e. The number of ether oxygens (including phenoxy) is 3. The first-order valence-corrected chi connectivity index (χ1v) is 11.6. The third kappa shape index (κ3) is 4.84. The SMILES string of the molecule is CCOC(=O)CN1C(c2ccc(OC)cc2OC)Nc2ccc(Br)cc2C1c1ccccc1. The van der Waals surface area contributed by atoms with Crippen molar-refractivity contribution in [1.29, 1.82) is 0 Å². The van der Waals surface area contributed by atoms with Gasteiger partial charge in [0.1, 0.15) is 17.7 Å². The van der Waals surface area contributed by atoms with Gasteiger partial charge in [-0.05, 0) is 48.4 Å². The van der Waals surface area contributed by atoms with E-state index >= 15 is 0 Å². The molecule has 0 bridgehead atoms. The Morgan fingerprint density at radius 2 is 1.79 bits per heavy atom. The summed E-state index contributed by atoms with van der Waals surface area (Å²) in [5, 5.41) is 3.63. The van der Waals surface area contributed by atoms with Crippen molar-refractivity contribution in [2.45, 2.75) is 19.1 Å². The molecule has 7 heteroatoms. The Bertz CT molecular complexity index is 1120. The van der Waals surface area contributed by atoms with Gasteiger partial charge < -0.3 is 19.5 Å². The third-order valence-corrected chi connectivity index (χ3v) is 6.22. The van der Waals surface area contributed by atoms with Crippen molar-refractivity contribution in [2.24, 2.45) is 0 Å². The molecule has 0 spiro atoms. The molecular formula is C26H27BrN2O4. The number of hydrogen-bond acceptors (Lipinski definition) is 6. The van der Waals surface area contributed by atoms with Crippen LogP contribution in [-0.2, 0) is 9.53 Å². The first-order valence-electron chi connectivity index (χ1n) is 10.8. The van der Waals surface area contributed by atoms with Crippen LogP contribution in [0.5, 0.6) is 11.5 Å². The molecule has 1 heterocycles. The molecule has 1 N–H and O–H groups in total. The fraction of sp³-hybridized carbons (Fsp3) is 0.269. The van der Waals surface area contributed by atoms with Crippen LogP contribution in [0.25, 0.3) is 0 Å². The fourth-order valence-electron chi connectivity index (χ4n) is 4.29. The molecule has 6 nitrogen and oxygen atoms in total. The van der Waals surface area contributed by atoms with E-state index in [9.17, 15) is 4.79 Å². The number of rotatable bonds is 7. The topological polar surface area (TPSA) is 60.0 Å². The average molecular weight is 511 g/mol. The second kappa shape index (κ2) is 10.3. The van der Waals surface area contributed by atoms with E-state index in [2.05, 4.69) is 50.4 Å². The van der Waals surface area contributed by atoms with Gasteiger partial charge in [-0.25, -0.2) is 0 Å². The summed E-state index contributed by atoms with van der Waals surface area (Å²) in [6.45, 7) is 2.25. The highest BCUT2D eigenvalue weighted by molar-refractivity contribution is 9.10. The van der Waals surface area contributed by atoms with Gasteiger partial charge in [0.05, 0.1) is 33.4 Å². The summed E-state index contributed by atoms with van der Waals surface area (Å²) in [7, 11) is 3.26. The molecule has 1 aliphatic heterocycles. The Morgan fingerprint density at radius 1 is 1.00 bits per heavy atom. The Labute approximate surface area is 202 Å². The molecule has 0 aliphatic carbocycles. The standard InChI is InChI=1S/C26H27BrN2O4/c1-4-33-24(30)16-29-25(17-8-6-5-7-9-17)21-14-18(27)10-13-22(21)28-26(29)20-12-11-19(31-2)15-23(20)32-3/h5-15,25-26,28H,4,16H2,1-3H3. The lowest BCUT2D eigenvalue weighted by Gasteiger charge is -2.44. The van der Waals surface area contributed by atoms with Crippen LogP contribution in [0.15, 0.2) is 71.2 Å². The van der Waals surface area contributed by atoms with Crippen molar-refractivity contribution in [1.82, 2.24) is 4.90 Å². The Balaban J connectivity index is 1.90. The molecule has 0 fully saturated rings. The van der Waals surface area contributed by atoms with Gasteiger partial charge in [0.25, 0.3) is 0 Å². The second-order valence-corrected chi connectivity index (χ2v) is 8.59. The molecular weight excluding hydrogens is 484 g/mol. The fourth-order valence-corrected chi connectivity index (χ4v) is 4.67. The molecule has 3 aromatic carbocycles.